The van der Waals surface area contributed by atoms with Crippen LogP contribution >= 0.6 is 0 Å². The number of carbonyl (C=O) groups excluding carboxylic acids is 2. The standard InChI is InChI=1S/C8H6F3NO4/c9-8(10,11)4(3-7(15)16)12-5(13)1-2-6(12)14/h1-2,4H,3H2,(H,15,16). The minimum absolute atomic E-state index is 0.103. The number of hydrogen-bond acceptors (Lipinski definition) is 3. The molecule has 1 aliphatic heterocycles. The fraction of sp³-hybridized carbons (Fsp3) is 0.375. The van der Waals surface area contributed by atoms with Crippen LogP contribution in [0.25, 0.3) is 0 Å². The normalized spacial score (nSPS) is 18.1. The van der Waals surface area contributed by atoms with E-state index in [1.54, 1.807) is 0 Å². The second-order valence-corrected chi connectivity index (χ2v) is 3.04. The van der Waals surface area contributed by atoms with Gasteiger partial charge in [0.05, 0.1) is 6.42 Å². The highest BCUT2D eigenvalue weighted by Crippen LogP contribution is 2.29. The third-order valence-corrected chi connectivity index (χ3v) is 1.90. The van der Waals surface area contributed by atoms with Crippen LogP contribution in [0.5, 0.6) is 0 Å². The van der Waals surface area contributed by atoms with E-state index < -0.39 is 36.4 Å². The van der Waals surface area contributed by atoms with Gasteiger partial charge < -0.3 is 5.11 Å². The topological polar surface area (TPSA) is 74.7 Å². The van der Waals surface area contributed by atoms with E-state index in [1.165, 1.54) is 0 Å². The van der Waals surface area contributed by atoms with Crippen molar-refractivity contribution in [3.05, 3.63) is 12.2 Å². The maximum Gasteiger partial charge on any atom is 0.409 e. The molecule has 1 rings (SSSR count). The van der Waals surface area contributed by atoms with Gasteiger partial charge in [0.1, 0.15) is 6.04 Å². The van der Waals surface area contributed by atoms with Gasteiger partial charge in [0.15, 0.2) is 0 Å². The molecule has 0 aromatic carbocycles. The van der Waals surface area contributed by atoms with Crippen LogP contribution in [0.1, 0.15) is 6.42 Å². The number of halogens is 3. The molecule has 0 saturated carbocycles. The van der Waals surface area contributed by atoms with Crippen molar-refractivity contribution in [1.82, 2.24) is 4.90 Å². The molecule has 0 saturated heterocycles. The van der Waals surface area contributed by atoms with Crippen molar-refractivity contribution in [2.45, 2.75) is 18.6 Å². The Kier molecular flexibility index (Phi) is 3.02. The van der Waals surface area contributed by atoms with Crippen molar-refractivity contribution >= 4 is 17.8 Å². The van der Waals surface area contributed by atoms with Gasteiger partial charge in [0, 0.05) is 12.2 Å². The largest absolute Gasteiger partial charge is 0.481 e. The Labute approximate surface area is 87.1 Å². The first-order valence-corrected chi connectivity index (χ1v) is 4.07. The fourth-order valence-electron chi connectivity index (χ4n) is 1.24. The van der Waals surface area contributed by atoms with Gasteiger partial charge in [-0.3, -0.25) is 19.3 Å². The molecule has 1 N–H and O–H groups in total. The minimum Gasteiger partial charge on any atom is -0.481 e. The van der Waals surface area contributed by atoms with Gasteiger partial charge in [-0.25, -0.2) is 0 Å². The molecule has 0 aromatic heterocycles. The molecule has 1 unspecified atom stereocenters. The van der Waals surface area contributed by atoms with Crippen LogP contribution in [0.15, 0.2) is 12.2 Å². The van der Waals surface area contributed by atoms with Gasteiger partial charge in [0.25, 0.3) is 11.8 Å². The molecular formula is C8H6F3NO4. The predicted molar refractivity (Wildman–Crippen MR) is 43.1 cm³/mol. The third kappa shape index (κ3) is 2.38. The Morgan fingerprint density at radius 3 is 2.06 bits per heavy atom. The average molecular weight is 237 g/mol. The second-order valence-electron chi connectivity index (χ2n) is 3.04. The van der Waals surface area contributed by atoms with Crippen LogP contribution in [-0.4, -0.2) is 40.0 Å². The van der Waals surface area contributed by atoms with Gasteiger partial charge in [-0.1, -0.05) is 0 Å². The zero-order chi connectivity index (χ0) is 12.5. The summed E-state index contributed by atoms with van der Waals surface area (Å²) in [5, 5.41) is 8.31. The number of hydrogen-bond donors (Lipinski definition) is 1. The molecule has 16 heavy (non-hydrogen) atoms. The first kappa shape index (κ1) is 12.2. The zero-order valence-electron chi connectivity index (χ0n) is 7.69. The van der Waals surface area contributed by atoms with E-state index in [0.717, 1.165) is 0 Å². The van der Waals surface area contributed by atoms with Crippen molar-refractivity contribution in [3.63, 3.8) is 0 Å². The molecule has 5 nitrogen and oxygen atoms in total. The number of carboxylic acid groups (broad SMARTS) is 1. The molecule has 0 aromatic rings. The third-order valence-electron chi connectivity index (χ3n) is 1.90. The van der Waals surface area contributed by atoms with Crippen LogP contribution in [0.4, 0.5) is 13.2 Å². The van der Waals surface area contributed by atoms with Crippen LogP contribution in [0.3, 0.4) is 0 Å². The summed E-state index contributed by atoms with van der Waals surface area (Å²) in [6, 6.07) is -2.63. The van der Waals surface area contributed by atoms with E-state index in [4.69, 9.17) is 5.11 Å². The molecular weight excluding hydrogens is 231 g/mol. The first-order chi connectivity index (χ1) is 7.23. The van der Waals surface area contributed by atoms with E-state index in [-0.39, 0.29) is 4.90 Å². The maximum absolute atomic E-state index is 12.4. The SMILES string of the molecule is O=C(O)CC(N1C(=O)C=CC1=O)C(F)(F)F. The van der Waals surface area contributed by atoms with Crippen molar-refractivity contribution in [2.75, 3.05) is 0 Å². The Balaban J connectivity index is 2.98. The van der Waals surface area contributed by atoms with Crippen LogP contribution < -0.4 is 0 Å². The van der Waals surface area contributed by atoms with Crippen molar-refractivity contribution in [1.29, 1.82) is 0 Å². The number of alkyl halides is 3. The number of imide groups is 1. The lowest BCUT2D eigenvalue weighted by Gasteiger charge is -2.26. The summed E-state index contributed by atoms with van der Waals surface area (Å²) in [5.41, 5.74) is 0. The molecule has 88 valence electrons. The van der Waals surface area contributed by atoms with Gasteiger partial charge in [-0.05, 0) is 0 Å². The quantitative estimate of drug-likeness (QED) is 0.717. The molecule has 0 spiro atoms. The number of amides is 2. The summed E-state index contributed by atoms with van der Waals surface area (Å²) in [4.78, 5) is 32.1. The molecule has 1 heterocycles. The van der Waals surface area contributed by atoms with Crippen molar-refractivity contribution < 1.29 is 32.7 Å². The number of aliphatic carboxylic acids is 1. The number of carboxylic acids is 1. The molecule has 1 atom stereocenters. The summed E-state index contributed by atoms with van der Waals surface area (Å²) in [7, 11) is 0. The van der Waals surface area contributed by atoms with E-state index in [9.17, 15) is 27.6 Å². The summed E-state index contributed by atoms with van der Waals surface area (Å²) in [5.74, 6) is -4.06. The lowest BCUT2D eigenvalue weighted by Crippen LogP contribution is -2.49. The molecule has 0 radical (unpaired) electrons. The van der Waals surface area contributed by atoms with E-state index in [0.29, 0.717) is 12.2 Å². The molecule has 0 bridgehead atoms. The van der Waals surface area contributed by atoms with E-state index in [2.05, 4.69) is 0 Å². The molecule has 8 heteroatoms. The highest BCUT2D eigenvalue weighted by molar-refractivity contribution is 6.13. The van der Waals surface area contributed by atoms with Gasteiger partial charge in [0.2, 0.25) is 0 Å². The summed E-state index contributed by atoms with van der Waals surface area (Å²) >= 11 is 0. The van der Waals surface area contributed by atoms with Crippen LogP contribution in [0.2, 0.25) is 0 Å². The van der Waals surface area contributed by atoms with E-state index >= 15 is 0 Å². The van der Waals surface area contributed by atoms with Crippen LogP contribution in [-0.2, 0) is 14.4 Å². The smallest absolute Gasteiger partial charge is 0.409 e. The average Bonchev–Trinajstić information content (AvgIpc) is 2.41. The highest BCUT2D eigenvalue weighted by Gasteiger charge is 2.49. The fourth-order valence-corrected chi connectivity index (χ4v) is 1.24. The van der Waals surface area contributed by atoms with Gasteiger partial charge >= 0.3 is 12.1 Å². The van der Waals surface area contributed by atoms with Crippen molar-refractivity contribution in [3.8, 4) is 0 Å². The second kappa shape index (κ2) is 3.95. The zero-order valence-corrected chi connectivity index (χ0v) is 7.69. The Morgan fingerprint density at radius 1 is 1.31 bits per heavy atom. The Morgan fingerprint density at radius 2 is 1.75 bits per heavy atom. The minimum atomic E-state index is -4.96. The predicted octanol–water partition coefficient (Wildman–Crippen LogP) is 0.317. The number of rotatable bonds is 3. The molecule has 0 fully saturated rings. The summed E-state index contributed by atoms with van der Waals surface area (Å²) < 4.78 is 37.3. The lowest BCUT2D eigenvalue weighted by molar-refractivity contribution is -0.193. The van der Waals surface area contributed by atoms with Crippen LogP contribution in [0, 0.1) is 0 Å². The lowest BCUT2D eigenvalue weighted by atomic mass is 10.1. The molecule has 2 amide bonds. The Bertz CT molecular complexity index is 356. The number of nitrogens with zero attached hydrogens (tertiary/aromatic N) is 1. The van der Waals surface area contributed by atoms with Crippen molar-refractivity contribution in [2.24, 2.45) is 0 Å². The van der Waals surface area contributed by atoms with E-state index in [1.807, 2.05) is 0 Å². The van der Waals surface area contributed by atoms with Gasteiger partial charge in [-0.15, -0.1) is 0 Å². The highest BCUT2D eigenvalue weighted by atomic mass is 19.4. The number of carbonyl (C=O) groups is 3. The summed E-state index contributed by atoms with van der Waals surface area (Å²) in [6.07, 6.45) is -4.98. The molecule has 0 aliphatic carbocycles. The summed E-state index contributed by atoms with van der Waals surface area (Å²) in [6.45, 7) is 0. The Hall–Kier alpha value is -1.86. The first-order valence-electron chi connectivity index (χ1n) is 4.07. The monoisotopic (exact) mass is 237 g/mol. The maximum atomic E-state index is 12.4. The molecule has 1 aliphatic rings. The van der Waals surface area contributed by atoms with Gasteiger partial charge in [-0.2, -0.15) is 13.2 Å².